The first-order chi connectivity index (χ1) is 11.0. The Bertz CT molecular complexity index is 592. The van der Waals surface area contributed by atoms with Crippen LogP contribution in [0.15, 0.2) is 17.2 Å². The van der Waals surface area contributed by atoms with Gasteiger partial charge in [-0.1, -0.05) is 11.6 Å². The molecule has 3 N–H and O–H groups in total. The highest BCUT2D eigenvalue weighted by Crippen LogP contribution is 2.33. The molecule has 0 saturated carbocycles. The van der Waals surface area contributed by atoms with E-state index in [0.717, 1.165) is 0 Å². The van der Waals surface area contributed by atoms with Crippen molar-refractivity contribution in [1.29, 1.82) is 0 Å². The molecule has 0 heterocycles. The molecule has 0 aliphatic carbocycles. The zero-order chi connectivity index (χ0) is 17.2. The number of carbonyl (C=O) groups excluding carboxylic acids is 2. The van der Waals surface area contributed by atoms with Crippen molar-refractivity contribution in [2.24, 2.45) is 10.8 Å². The van der Waals surface area contributed by atoms with Crippen LogP contribution in [0.2, 0.25) is 5.02 Å². The fourth-order valence-corrected chi connectivity index (χ4v) is 1.74. The molecule has 0 bridgehead atoms. The third kappa shape index (κ3) is 6.43. The van der Waals surface area contributed by atoms with E-state index in [1.165, 1.54) is 12.3 Å². The molecule has 9 heteroatoms. The molecule has 0 aliphatic rings. The Hall–Kier alpha value is -2.48. The Morgan fingerprint density at radius 2 is 1.96 bits per heavy atom. The summed E-state index contributed by atoms with van der Waals surface area (Å²) in [7, 11) is 0. The Kier molecular flexibility index (Phi) is 7.69. The zero-order valence-corrected chi connectivity index (χ0v) is 13.6. The molecule has 1 aromatic rings. The molecule has 126 valence electrons. The summed E-state index contributed by atoms with van der Waals surface area (Å²) in [4.78, 5) is 21.9. The zero-order valence-electron chi connectivity index (χ0n) is 12.8. The summed E-state index contributed by atoms with van der Waals surface area (Å²) >= 11 is 6.11. The lowest BCUT2D eigenvalue weighted by molar-refractivity contribution is -0.145. The highest BCUT2D eigenvalue weighted by Gasteiger charge is 2.12. The second-order valence-electron chi connectivity index (χ2n) is 4.08. The summed E-state index contributed by atoms with van der Waals surface area (Å²) in [5.74, 6) is 0.175. The number of hydrogen-bond acceptors (Lipinski definition) is 6. The first-order valence-corrected chi connectivity index (χ1v) is 7.19. The van der Waals surface area contributed by atoms with E-state index in [0.29, 0.717) is 28.7 Å². The number of hydrogen-bond donors (Lipinski definition) is 2. The van der Waals surface area contributed by atoms with Crippen LogP contribution in [0.5, 0.6) is 11.5 Å². The van der Waals surface area contributed by atoms with Gasteiger partial charge in [-0.2, -0.15) is 5.10 Å². The van der Waals surface area contributed by atoms with Gasteiger partial charge in [0.25, 0.3) is 0 Å². The minimum Gasteiger partial charge on any atom is -0.490 e. The minimum absolute atomic E-state index is 0.263. The topological polar surface area (TPSA) is 112 Å². The fourth-order valence-electron chi connectivity index (χ4n) is 1.54. The Morgan fingerprint density at radius 1 is 1.26 bits per heavy atom. The van der Waals surface area contributed by atoms with Crippen LogP contribution in [-0.4, -0.2) is 38.0 Å². The van der Waals surface area contributed by atoms with E-state index in [-0.39, 0.29) is 13.2 Å². The summed E-state index contributed by atoms with van der Waals surface area (Å²) in [6.45, 7) is 3.89. The van der Waals surface area contributed by atoms with Crippen LogP contribution in [0, 0.1) is 0 Å². The van der Waals surface area contributed by atoms with Gasteiger partial charge in [-0.25, -0.2) is 15.0 Å². The number of halogens is 1. The first-order valence-electron chi connectivity index (χ1n) is 6.81. The van der Waals surface area contributed by atoms with Crippen molar-refractivity contribution in [1.82, 2.24) is 5.43 Å². The molecule has 0 spiro atoms. The number of nitrogens with two attached hydrogens (primary N) is 1. The lowest BCUT2D eigenvalue weighted by Crippen LogP contribution is -2.24. The Balaban J connectivity index is 2.93. The smallest absolute Gasteiger partial charge is 0.344 e. The van der Waals surface area contributed by atoms with E-state index < -0.39 is 12.0 Å². The molecule has 1 aromatic carbocycles. The maximum Gasteiger partial charge on any atom is 0.344 e. The van der Waals surface area contributed by atoms with Gasteiger partial charge in [0.1, 0.15) is 0 Å². The fraction of sp³-hybridized carbons (Fsp3) is 0.357. The normalized spacial score (nSPS) is 10.4. The van der Waals surface area contributed by atoms with Crippen LogP contribution in [-0.2, 0) is 9.53 Å². The molecule has 0 fully saturated rings. The van der Waals surface area contributed by atoms with Crippen molar-refractivity contribution in [3.05, 3.63) is 22.7 Å². The predicted octanol–water partition coefficient (Wildman–Crippen LogP) is 1.68. The number of esters is 1. The Labute approximate surface area is 138 Å². The number of rotatable bonds is 8. The molecule has 0 unspecified atom stereocenters. The lowest BCUT2D eigenvalue weighted by atomic mass is 10.2. The van der Waals surface area contributed by atoms with Gasteiger partial charge in [-0.15, -0.1) is 0 Å². The monoisotopic (exact) mass is 343 g/mol. The largest absolute Gasteiger partial charge is 0.490 e. The molecule has 0 aliphatic heterocycles. The van der Waals surface area contributed by atoms with Crippen molar-refractivity contribution >= 4 is 29.8 Å². The van der Waals surface area contributed by atoms with Crippen molar-refractivity contribution in [2.45, 2.75) is 13.8 Å². The molecular weight excluding hydrogens is 326 g/mol. The van der Waals surface area contributed by atoms with Gasteiger partial charge in [0.2, 0.25) is 0 Å². The molecule has 0 aromatic heterocycles. The van der Waals surface area contributed by atoms with E-state index in [9.17, 15) is 9.59 Å². The molecule has 2 amide bonds. The van der Waals surface area contributed by atoms with Gasteiger partial charge in [0.15, 0.2) is 18.1 Å². The molecule has 1 rings (SSSR count). The van der Waals surface area contributed by atoms with Crippen LogP contribution < -0.4 is 20.6 Å². The summed E-state index contributed by atoms with van der Waals surface area (Å²) in [5, 5.41) is 3.92. The maximum absolute atomic E-state index is 11.3. The van der Waals surface area contributed by atoms with Crippen LogP contribution in [0.4, 0.5) is 4.79 Å². The summed E-state index contributed by atoms with van der Waals surface area (Å²) in [5.41, 5.74) is 7.44. The van der Waals surface area contributed by atoms with E-state index in [1.807, 2.05) is 0 Å². The van der Waals surface area contributed by atoms with Gasteiger partial charge in [-0.05, 0) is 19.9 Å². The number of urea groups is 1. The lowest BCUT2D eigenvalue weighted by Gasteiger charge is -2.13. The highest BCUT2D eigenvalue weighted by atomic mass is 35.5. The van der Waals surface area contributed by atoms with Crippen molar-refractivity contribution in [3.8, 4) is 11.5 Å². The highest BCUT2D eigenvalue weighted by molar-refractivity contribution is 6.33. The van der Waals surface area contributed by atoms with Gasteiger partial charge in [0.05, 0.1) is 24.5 Å². The second-order valence-corrected chi connectivity index (χ2v) is 4.49. The van der Waals surface area contributed by atoms with E-state index in [2.05, 4.69) is 10.5 Å². The van der Waals surface area contributed by atoms with Crippen molar-refractivity contribution in [2.75, 3.05) is 19.8 Å². The summed E-state index contributed by atoms with van der Waals surface area (Å²) in [6, 6.07) is 2.26. The molecule has 0 radical (unpaired) electrons. The van der Waals surface area contributed by atoms with E-state index in [4.69, 9.17) is 31.5 Å². The summed E-state index contributed by atoms with van der Waals surface area (Å²) < 4.78 is 15.6. The molecule has 0 atom stereocenters. The average Bonchev–Trinajstić information content (AvgIpc) is 2.48. The van der Waals surface area contributed by atoms with Gasteiger partial charge < -0.3 is 19.9 Å². The predicted molar refractivity (Wildman–Crippen MR) is 85.1 cm³/mol. The number of nitrogens with one attached hydrogen (secondary N) is 1. The number of benzene rings is 1. The third-order valence-corrected chi connectivity index (χ3v) is 2.72. The van der Waals surface area contributed by atoms with Gasteiger partial charge >= 0.3 is 12.0 Å². The standard InChI is InChI=1S/C14H18ClN3O5/c1-3-21-11-5-9(7-17-18-14(16)20)10(15)6-12(11)23-8-13(19)22-4-2/h5-7H,3-4,8H2,1-2H3,(H3,16,18,20). The van der Waals surface area contributed by atoms with Crippen molar-refractivity contribution < 1.29 is 23.8 Å². The van der Waals surface area contributed by atoms with E-state index in [1.54, 1.807) is 19.9 Å². The summed E-state index contributed by atoms with van der Waals surface area (Å²) in [6.07, 6.45) is 1.31. The van der Waals surface area contributed by atoms with Crippen LogP contribution >= 0.6 is 11.6 Å². The van der Waals surface area contributed by atoms with E-state index >= 15 is 0 Å². The van der Waals surface area contributed by atoms with Gasteiger partial charge in [0, 0.05) is 11.6 Å². The van der Waals surface area contributed by atoms with Crippen LogP contribution in [0.1, 0.15) is 19.4 Å². The van der Waals surface area contributed by atoms with Crippen LogP contribution in [0.25, 0.3) is 0 Å². The molecule has 23 heavy (non-hydrogen) atoms. The number of ether oxygens (including phenoxy) is 3. The Morgan fingerprint density at radius 3 is 2.57 bits per heavy atom. The SMILES string of the molecule is CCOC(=O)COc1cc(Cl)c(C=NNC(N)=O)cc1OCC. The van der Waals surface area contributed by atoms with Crippen molar-refractivity contribution in [3.63, 3.8) is 0 Å². The minimum atomic E-state index is -0.795. The number of hydrazone groups is 1. The number of amides is 2. The molecule has 8 nitrogen and oxygen atoms in total. The number of nitrogens with zero attached hydrogens (tertiary/aromatic N) is 1. The molecule has 0 saturated heterocycles. The first kappa shape index (κ1) is 18.6. The second kappa shape index (κ2) is 9.52. The average molecular weight is 344 g/mol. The number of carbonyl (C=O) groups is 2. The quantitative estimate of drug-likeness (QED) is 0.423. The molecular formula is C14H18ClN3O5. The number of primary amides is 1. The maximum atomic E-state index is 11.3. The third-order valence-electron chi connectivity index (χ3n) is 2.39. The van der Waals surface area contributed by atoms with Crippen LogP contribution in [0.3, 0.4) is 0 Å². The van der Waals surface area contributed by atoms with Gasteiger partial charge in [-0.3, -0.25) is 0 Å².